The van der Waals surface area contributed by atoms with E-state index in [2.05, 4.69) is 4.74 Å². The number of esters is 1. The summed E-state index contributed by atoms with van der Waals surface area (Å²) in [5.41, 5.74) is 7.83. The lowest BCUT2D eigenvalue weighted by Gasteiger charge is -2.06. The molecule has 15 heavy (non-hydrogen) atoms. The van der Waals surface area contributed by atoms with Crippen LogP contribution < -0.4 is 5.73 Å². The van der Waals surface area contributed by atoms with E-state index in [1.807, 2.05) is 6.07 Å². The number of methoxy groups -OCH3 is 2. The summed E-state index contributed by atoms with van der Waals surface area (Å²) in [6.07, 6.45) is 0.740. The van der Waals surface area contributed by atoms with Gasteiger partial charge in [-0.2, -0.15) is 0 Å². The molecule has 0 aliphatic heterocycles. The van der Waals surface area contributed by atoms with Gasteiger partial charge in [0.15, 0.2) is 0 Å². The van der Waals surface area contributed by atoms with E-state index in [9.17, 15) is 4.79 Å². The zero-order valence-corrected chi connectivity index (χ0v) is 8.95. The van der Waals surface area contributed by atoms with Crippen molar-refractivity contribution in [3.05, 3.63) is 29.3 Å². The number of nitrogens with two attached hydrogens (primary N) is 1. The molecule has 0 bridgehead atoms. The lowest BCUT2D eigenvalue weighted by Crippen LogP contribution is -2.05. The van der Waals surface area contributed by atoms with Crippen LogP contribution in [0.15, 0.2) is 18.2 Å². The molecule has 2 N–H and O–H groups in total. The average Bonchev–Trinajstić information content (AvgIpc) is 2.26. The lowest BCUT2D eigenvalue weighted by molar-refractivity contribution is 0.0601. The van der Waals surface area contributed by atoms with Crippen molar-refractivity contribution in [1.82, 2.24) is 0 Å². The summed E-state index contributed by atoms with van der Waals surface area (Å²) in [6, 6.07) is 5.14. The Labute approximate surface area is 89.0 Å². The van der Waals surface area contributed by atoms with Gasteiger partial charge in [0.2, 0.25) is 0 Å². The van der Waals surface area contributed by atoms with Crippen molar-refractivity contribution in [2.45, 2.75) is 6.42 Å². The van der Waals surface area contributed by atoms with E-state index in [1.54, 1.807) is 19.2 Å². The molecule has 0 radical (unpaired) electrons. The SMILES string of the molecule is COCCc1ccc(C(=O)OC)cc1N. The predicted molar refractivity (Wildman–Crippen MR) is 57.8 cm³/mol. The maximum atomic E-state index is 11.2. The number of rotatable bonds is 4. The third-order valence-corrected chi connectivity index (χ3v) is 2.14. The van der Waals surface area contributed by atoms with Crippen molar-refractivity contribution in [1.29, 1.82) is 0 Å². The van der Waals surface area contributed by atoms with Crippen LogP contribution in [0.4, 0.5) is 5.69 Å². The minimum atomic E-state index is -0.375. The molecule has 82 valence electrons. The summed E-state index contributed by atoms with van der Waals surface area (Å²) in [5, 5.41) is 0. The molecule has 0 atom stereocenters. The van der Waals surface area contributed by atoms with Crippen LogP contribution in [-0.4, -0.2) is 26.8 Å². The fraction of sp³-hybridized carbons (Fsp3) is 0.364. The number of anilines is 1. The van der Waals surface area contributed by atoms with Crippen molar-refractivity contribution in [2.24, 2.45) is 0 Å². The predicted octanol–water partition coefficient (Wildman–Crippen LogP) is 1.24. The molecule has 0 aliphatic carbocycles. The van der Waals surface area contributed by atoms with E-state index in [-0.39, 0.29) is 5.97 Å². The van der Waals surface area contributed by atoms with Gasteiger partial charge >= 0.3 is 5.97 Å². The molecule has 0 amide bonds. The fourth-order valence-corrected chi connectivity index (χ4v) is 1.28. The van der Waals surface area contributed by atoms with Crippen LogP contribution in [0.5, 0.6) is 0 Å². The second-order valence-electron chi connectivity index (χ2n) is 3.15. The largest absolute Gasteiger partial charge is 0.465 e. The van der Waals surface area contributed by atoms with E-state index < -0.39 is 0 Å². The van der Waals surface area contributed by atoms with Crippen LogP contribution >= 0.6 is 0 Å². The summed E-state index contributed by atoms with van der Waals surface area (Å²) in [4.78, 5) is 11.2. The summed E-state index contributed by atoms with van der Waals surface area (Å²) >= 11 is 0. The van der Waals surface area contributed by atoms with Crippen molar-refractivity contribution < 1.29 is 14.3 Å². The van der Waals surface area contributed by atoms with Crippen molar-refractivity contribution in [3.8, 4) is 0 Å². The standard InChI is InChI=1S/C11H15NO3/c1-14-6-5-8-3-4-9(7-10(8)12)11(13)15-2/h3-4,7H,5-6,12H2,1-2H3. The summed E-state index contributed by atoms with van der Waals surface area (Å²) in [6.45, 7) is 0.613. The zero-order chi connectivity index (χ0) is 11.3. The van der Waals surface area contributed by atoms with Gasteiger partial charge in [0.25, 0.3) is 0 Å². The van der Waals surface area contributed by atoms with Crippen molar-refractivity contribution in [2.75, 3.05) is 26.6 Å². The van der Waals surface area contributed by atoms with E-state index in [0.717, 1.165) is 12.0 Å². The van der Waals surface area contributed by atoms with Gasteiger partial charge in [0.05, 0.1) is 19.3 Å². The highest BCUT2D eigenvalue weighted by atomic mass is 16.5. The third-order valence-electron chi connectivity index (χ3n) is 2.14. The second kappa shape index (κ2) is 5.36. The van der Waals surface area contributed by atoms with Crippen LogP contribution in [0.25, 0.3) is 0 Å². The van der Waals surface area contributed by atoms with Crippen LogP contribution in [0.2, 0.25) is 0 Å². The Morgan fingerprint density at radius 1 is 1.40 bits per heavy atom. The van der Waals surface area contributed by atoms with Gasteiger partial charge in [-0.1, -0.05) is 6.07 Å². The Balaban J connectivity index is 2.83. The molecule has 0 fully saturated rings. The number of ether oxygens (including phenoxy) is 2. The van der Waals surface area contributed by atoms with Crippen LogP contribution in [0.3, 0.4) is 0 Å². The van der Waals surface area contributed by atoms with Gasteiger partial charge in [-0.15, -0.1) is 0 Å². The summed E-state index contributed by atoms with van der Waals surface area (Å²) in [7, 11) is 2.98. The summed E-state index contributed by atoms with van der Waals surface area (Å²) < 4.78 is 9.55. The number of benzene rings is 1. The quantitative estimate of drug-likeness (QED) is 0.598. The second-order valence-corrected chi connectivity index (χ2v) is 3.15. The summed E-state index contributed by atoms with van der Waals surface area (Å²) in [5.74, 6) is -0.375. The molecule has 0 saturated carbocycles. The van der Waals surface area contributed by atoms with E-state index in [0.29, 0.717) is 17.9 Å². The molecule has 4 heteroatoms. The number of hydrogen-bond acceptors (Lipinski definition) is 4. The maximum absolute atomic E-state index is 11.2. The molecule has 0 saturated heterocycles. The van der Waals surface area contributed by atoms with E-state index in [4.69, 9.17) is 10.5 Å². The Hall–Kier alpha value is -1.55. The molecule has 0 aliphatic rings. The molecule has 1 aromatic rings. The van der Waals surface area contributed by atoms with Gasteiger partial charge in [-0.05, 0) is 24.1 Å². The Kier molecular flexibility index (Phi) is 4.12. The lowest BCUT2D eigenvalue weighted by atomic mass is 10.1. The highest BCUT2D eigenvalue weighted by Gasteiger charge is 2.07. The number of hydrogen-bond donors (Lipinski definition) is 1. The fourth-order valence-electron chi connectivity index (χ4n) is 1.28. The molecule has 0 heterocycles. The van der Waals surface area contributed by atoms with E-state index in [1.165, 1.54) is 7.11 Å². The van der Waals surface area contributed by atoms with Gasteiger partial charge in [-0.25, -0.2) is 4.79 Å². The first-order valence-corrected chi connectivity index (χ1v) is 4.64. The topological polar surface area (TPSA) is 61.5 Å². The highest BCUT2D eigenvalue weighted by Crippen LogP contribution is 2.15. The zero-order valence-electron chi connectivity index (χ0n) is 8.95. The van der Waals surface area contributed by atoms with E-state index >= 15 is 0 Å². The van der Waals surface area contributed by atoms with Gasteiger partial charge < -0.3 is 15.2 Å². The van der Waals surface area contributed by atoms with Gasteiger partial charge in [0.1, 0.15) is 0 Å². The number of carbonyl (C=O) groups is 1. The first kappa shape index (κ1) is 11.5. The molecule has 4 nitrogen and oxygen atoms in total. The minimum absolute atomic E-state index is 0.375. The smallest absolute Gasteiger partial charge is 0.337 e. The molecular formula is C11H15NO3. The van der Waals surface area contributed by atoms with Crippen molar-refractivity contribution >= 4 is 11.7 Å². The third kappa shape index (κ3) is 2.95. The molecular weight excluding hydrogens is 194 g/mol. The Bertz CT molecular complexity index is 350. The maximum Gasteiger partial charge on any atom is 0.337 e. The molecule has 0 unspecified atom stereocenters. The normalized spacial score (nSPS) is 10.0. The van der Waals surface area contributed by atoms with Crippen LogP contribution in [0.1, 0.15) is 15.9 Å². The Morgan fingerprint density at radius 2 is 2.13 bits per heavy atom. The monoisotopic (exact) mass is 209 g/mol. The molecule has 0 spiro atoms. The Morgan fingerprint density at radius 3 is 2.67 bits per heavy atom. The number of nitrogen functional groups attached to an aromatic ring is 1. The minimum Gasteiger partial charge on any atom is -0.465 e. The van der Waals surface area contributed by atoms with Crippen LogP contribution in [-0.2, 0) is 15.9 Å². The number of carbonyl (C=O) groups excluding carboxylic acids is 1. The van der Waals surface area contributed by atoms with Gasteiger partial charge in [-0.3, -0.25) is 0 Å². The van der Waals surface area contributed by atoms with Crippen LogP contribution in [0, 0.1) is 0 Å². The molecule has 1 rings (SSSR count). The highest BCUT2D eigenvalue weighted by molar-refractivity contribution is 5.90. The first-order valence-electron chi connectivity index (χ1n) is 4.64. The van der Waals surface area contributed by atoms with Gasteiger partial charge in [0, 0.05) is 12.8 Å². The average molecular weight is 209 g/mol. The molecule has 0 aromatic heterocycles. The van der Waals surface area contributed by atoms with Crippen molar-refractivity contribution in [3.63, 3.8) is 0 Å². The molecule has 1 aromatic carbocycles. The first-order chi connectivity index (χ1) is 7.19.